The number of hydrogen-bond donors (Lipinski definition) is 1. The first-order valence-electron chi connectivity index (χ1n) is 5.73. The molecule has 0 spiro atoms. The van der Waals surface area contributed by atoms with E-state index >= 15 is 0 Å². The summed E-state index contributed by atoms with van der Waals surface area (Å²) in [5.74, 6) is 0. The van der Waals surface area contributed by atoms with Crippen LogP contribution in [0.1, 0.15) is 25.3 Å². The molecule has 0 radical (unpaired) electrons. The molecule has 1 saturated heterocycles. The van der Waals surface area contributed by atoms with Crippen molar-refractivity contribution in [1.82, 2.24) is 0 Å². The Kier molecular flexibility index (Phi) is 3.42. The molecule has 1 fully saturated rings. The van der Waals surface area contributed by atoms with Crippen molar-refractivity contribution < 1.29 is 9.84 Å². The summed E-state index contributed by atoms with van der Waals surface area (Å²) in [6, 6.07) is 10.1. The Morgan fingerprint density at radius 1 is 1.38 bits per heavy atom. The van der Waals surface area contributed by atoms with Crippen LogP contribution >= 0.6 is 0 Å². The lowest BCUT2D eigenvalue weighted by molar-refractivity contribution is -0.0765. The third-order valence-corrected chi connectivity index (χ3v) is 2.92. The van der Waals surface area contributed by atoms with Crippen LogP contribution < -0.4 is 0 Å². The van der Waals surface area contributed by atoms with Gasteiger partial charge in [0.2, 0.25) is 0 Å². The topological polar surface area (TPSA) is 29.5 Å². The van der Waals surface area contributed by atoms with E-state index in [-0.39, 0.29) is 6.10 Å². The van der Waals surface area contributed by atoms with Crippen LogP contribution in [0.4, 0.5) is 0 Å². The molecule has 86 valence electrons. The molecule has 0 saturated carbocycles. The van der Waals surface area contributed by atoms with E-state index in [4.69, 9.17) is 4.74 Å². The van der Waals surface area contributed by atoms with Crippen LogP contribution in [0.15, 0.2) is 36.4 Å². The average molecular weight is 218 g/mol. The van der Waals surface area contributed by atoms with E-state index in [1.54, 1.807) is 0 Å². The highest BCUT2D eigenvalue weighted by Crippen LogP contribution is 2.25. The van der Waals surface area contributed by atoms with Gasteiger partial charge in [-0.15, -0.1) is 0 Å². The summed E-state index contributed by atoms with van der Waals surface area (Å²) < 4.78 is 5.59. The summed E-state index contributed by atoms with van der Waals surface area (Å²) in [4.78, 5) is 0. The first kappa shape index (κ1) is 11.4. The van der Waals surface area contributed by atoms with Crippen molar-refractivity contribution in [3.05, 3.63) is 42.0 Å². The fourth-order valence-electron chi connectivity index (χ4n) is 1.93. The molecule has 0 bridgehead atoms. The normalized spacial score (nSPS) is 30.8. The predicted octanol–water partition coefficient (Wildman–Crippen LogP) is 2.63. The summed E-state index contributed by atoms with van der Waals surface area (Å²) >= 11 is 0. The Balaban J connectivity index is 1.97. The van der Waals surface area contributed by atoms with Gasteiger partial charge in [0.1, 0.15) is 0 Å². The molecular formula is C14H18O2. The van der Waals surface area contributed by atoms with Crippen LogP contribution in [0.3, 0.4) is 0 Å². The fraction of sp³-hybridized carbons (Fsp3) is 0.429. The molecule has 1 N–H and O–H groups in total. The van der Waals surface area contributed by atoms with Crippen molar-refractivity contribution in [2.75, 3.05) is 6.61 Å². The van der Waals surface area contributed by atoms with Gasteiger partial charge in [0, 0.05) is 6.42 Å². The molecule has 0 amide bonds. The largest absolute Gasteiger partial charge is 0.390 e. The Bertz CT molecular complexity index is 354. The lowest BCUT2D eigenvalue weighted by Crippen LogP contribution is -2.37. The lowest BCUT2D eigenvalue weighted by atomic mass is 9.92. The smallest absolute Gasteiger partial charge is 0.0786 e. The maximum atomic E-state index is 9.93. The van der Waals surface area contributed by atoms with Crippen LogP contribution in [-0.2, 0) is 4.74 Å². The van der Waals surface area contributed by atoms with E-state index in [1.165, 1.54) is 0 Å². The summed E-state index contributed by atoms with van der Waals surface area (Å²) in [6.07, 6.45) is 5.51. The molecule has 0 unspecified atom stereocenters. The van der Waals surface area contributed by atoms with Crippen molar-refractivity contribution in [3.63, 3.8) is 0 Å². The van der Waals surface area contributed by atoms with Crippen LogP contribution in [0.5, 0.6) is 0 Å². The molecule has 1 aromatic carbocycles. The SMILES string of the molecule is C[C@]1(O)CCO[C@H](/C=C/c2ccccc2)C1. The number of hydrogen-bond acceptors (Lipinski definition) is 2. The first-order valence-corrected chi connectivity index (χ1v) is 5.73. The lowest BCUT2D eigenvalue weighted by Gasteiger charge is -2.32. The van der Waals surface area contributed by atoms with Crippen LogP contribution in [0, 0.1) is 0 Å². The van der Waals surface area contributed by atoms with E-state index < -0.39 is 5.60 Å². The molecule has 2 nitrogen and oxygen atoms in total. The minimum atomic E-state index is -0.579. The highest BCUT2D eigenvalue weighted by Gasteiger charge is 2.28. The van der Waals surface area contributed by atoms with Crippen molar-refractivity contribution in [2.24, 2.45) is 0 Å². The third-order valence-electron chi connectivity index (χ3n) is 2.92. The molecule has 1 aliphatic rings. The quantitative estimate of drug-likeness (QED) is 0.827. The molecule has 2 heteroatoms. The number of benzene rings is 1. The van der Waals surface area contributed by atoms with Crippen molar-refractivity contribution in [3.8, 4) is 0 Å². The van der Waals surface area contributed by atoms with Crippen molar-refractivity contribution in [1.29, 1.82) is 0 Å². The van der Waals surface area contributed by atoms with E-state index in [0.717, 1.165) is 12.0 Å². The maximum absolute atomic E-state index is 9.93. The van der Waals surface area contributed by atoms with Gasteiger partial charge in [0.25, 0.3) is 0 Å². The van der Waals surface area contributed by atoms with E-state index in [9.17, 15) is 5.11 Å². The number of aliphatic hydroxyl groups is 1. The van der Waals surface area contributed by atoms with Gasteiger partial charge in [-0.05, 0) is 18.9 Å². The molecular weight excluding hydrogens is 200 g/mol. The Morgan fingerprint density at radius 2 is 2.12 bits per heavy atom. The second-order valence-electron chi connectivity index (χ2n) is 4.63. The first-order chi connectivity index (χ1) is 7.66. The summed E-state index contributed by atoms with van der Waals surface area (Å²) in [5, 5.41) is 9.93. The minimum absolute atomic E-state index is 0.0314. The van der Waals surface area contributed by atoms with Crippen LogP contribution in [0.25, 0.3) is 6.08 Å². The van der Waals surface area contributed by atoms with Gasteiger partial charge in [-0.3, -0.25) is 0 Å². The predicted molar refractivity (Wildman–Crippen MR) is 65.1 cm³/mol. The summed E-state index contributed by atoms with van der Waals surface area (Å²) in [7, 11) is 0. The van der Waals surface area contributed by atoms with Gasteiger partial charge in [-0.1, -0.05) is 42.5 Å². The van der Waals surface area contributed by atoms with Gasteiger partial charge in [-0.2, -0.15) is 0 Å². The highest BCUT2D eigenvalue weighted by atomic mass is 16.5. The zero-order valence-corrected chi connectivity index (χ0v) is 9.60. The molecule has 2 atom stereocenters. The van der Waals surface area contributed by atoms with Crippen LogP contribution in [-0.4, -0.2) is 23.4 Å². The monoisotopic (exact) mass is 218 g/mol. The Labute approximate surface area is 96.6 Å². The zero-order valence-electron chi connectivity index (χ0n) is 9.60. The molecule has 2 rings (SSSR count). The molecule has 1 aromatic rings. The van der Waals surface area contributed by atoms with E-state index in [1.807, 2.05) is 37.3 Å². The third kappa shape index (κ3) is 3.19. The molecule has 0 aromatic heterocycles. The van der Waals surface area contributed by atoms with Gasteiger partial charge in [0.15, 0.2) is 0 Å². The molecule has 0 aliphatic carbocycles. The van der Waals surface area contributed by atoms with Crippen LogP contribution in [0.2, 0.25) is 0 Å². The van der Waals surface area contributed by atoms with Crippen molar-refractivity contribution >= 4 is 6.08 Å². The molecule has 16 heavy (non-hydrogen) atoms. The van der Waals surface area contributed by atoms with E-state index in [0.29, 0.717) is 13.0 Å². The fourth-order valence-corrected chi connectivity index (χ4v) is 1.93. The van der Waals surface area contributed by atoms with Gasteiger partial charge in [-0.25, -0.2) is 0 Å². The van der Waals surface area contributed by atoms with Gasteiger partial charge in [0.05, 0.1) is 18.3 Å². The van der Waals surface area contributed by atoms with Gasteiger partial charge >= 0.3 is 0 Å². The Morgan fingerprint density at radius 3 is 2.81 bits per heavy atom. The van der Waals surface area contributed by atoms with Crippen molar-refractivity contribution in [2.45, 2.75) is 31.5 Å². The van der Waals surface area contributed by atoms with Gasteiger partial charge < -0.3 is 9.84 Å². The Hall–Kier alpha value is -1.12. The number of rotatable bonds is 2. The highest BCUT2D eigenvalue weighted by molar-refractivity contribution is 5.49. The maximum Gasteiger partial charge on any atom is 0.0786 e. The summed E-state index contributed by atoms with van der Waals surface area (Å²) in [6.45, 7) is 2.51. The van der Waals surface area contributed by atoms with E-state index in [2.05, 4.69) is 12.1 Å². The standard InChI is InChI=1S/C14H18O2/c1-14(15)9-10-16-13(11-14)8-7-12-5-3-2-4-6-12/h2-8,13,15H,9-11H2,1H3/b8-7+/t13-,14+/m1/s1. The molecule has 1 aliphatic heterocycles. The zero-order chi connectivity index (χ0) is 11.4. The second kappa shape index (κ2) is 4.81. The molecule has 1 heterocycles. The number of ether oxygens (including phenoxy) is 1. The summed E-state index contributed by atoms with van der Waals surface area (Å²) in [5.41, 5.74) is 0.584. The second-order valence-corrected chi connectivity index (χ2v) is 4.63. The minimum Gasteiger partial charge on any atom is -0.390 e. The average Bonchev–Trinajstić information content (AvgIpc) is 2.27.